The molecule has 156 valence electrons. The van der Waals surface area contributed by atoms with E-state index in [4.69, 9.17) is 10.00 Å². The first-order valence-electron chi connectivity index (χ1n) is 10.7. The van der Waals surface area contributed by atoms with Gasteiger partial charge in [-0.15, -0.1) is 0 Å². The summed E-state index contributed by atoms with van der Waals surface area (Å²) in [4.78, 5) is 15.4. The number of hydrogen-bond acceptors (Lipinski definition) is 4. The van der Waals surface area contributed by atoms with E-state index in [1.54, 1.807) is 31.4 Å². The van der Waals surface area contributed by atoms with Crippen LogP contribution in [0, 0.1) is 18.3 Å². The average molecular weight is 404 g/mol. The van der Waals surface area contributed by atoms with Crippen LogP contribution >= 0.6 is 0 Å². The molecule has 30 heavy (non-hydrogen) atoms. The number of piperidine rings is 1. The van der Waals surface area contributed by atoms with Crippen molar-refractivity contribution in [3.05, 3.63) is 64.7 Å². The van der Waals surface area contributed by atoms with Gasteiger partial charge in [-0.2, -0.15) is 5.26 Å². The van der Waals surface area contributed by atoms with Crippen LogP contribution in [0.25, 0.3) is 0 Å². The van der Waals surface area contributed by atoms with Crippen LogP contribution in [0.15, 0.2) is 42.5 Å². The van der Waals surface area contributed by atoms with Gasteiger partial charge in [-0.1, -0.05) is 18.2 Å². The van der Waals surface area contributed by atoms with Crippen LogP contribution in [0.1, 0.15) is 65.7 Å². The summed E-state index contributed by atoms with van der Waals surface area (Å²) in [7, 11) is 1.71. The summed E-state index contributed by atoms with van der Waals surface area (Å²) >= 11 is 0. The lowest BCUT2D eigenvalue weighted by Crippen LogP contribution is -2.51. The van der Waals surface area contributed by atoms with Crippen LogP contribution in [0.5, 0.6) is 5.75 Å². The van der Waals surface area contributed by atoms with Gasteiger partial charge in [0.2, 0.25) is 0 Å². The molecule has 2 aromatic rings. The maximum absolute atomic E-state index is 12.7. The summed E-state index contributed by atoms with van der Waals surface area (Å²) in [6.45, 7) is 4.38. The molecular formula is C25H29N3O2. The zero-order chi connectivity index (χ0) is 21.3. The van der Waals surface area contributed by atoms with Gasteiger partial charge in [-0.25, -0.2) is 0 Å². The molecule has 0 aromatic heterocycles. The van der Waals surface area contributed by atoms with E-state index < -0.39 is 0 Å². The number of benzene rings is 2. The first-order valence-corrected chi connectivity index (χ1v) is 10.7. The largest absolute Gasteiger partial charge is 0.496 e. The number of aryl methyl sites for hydroxylation is 1. The third-order valence-corrected chi connectivity index (χ3v) is 6.73. The Kier molecular flexibility index (Phi) is 5.78. The molecule has 2 fully saturated rings. The lowest BCUT2D eigenvalue weighted by atomic mass is 9.93. The van der Waals surface area contributed by atoms with E-state index in [0.717, 1.165) is 24.2 Å². The number of carbonyl (C=O) groups is 1. The number of amides is 1. The molecule has 2 bridgehead atoms. The van der Waals surface area contributed by atoms with Crippen molar-refractivity contribution in [1.29, 1.82) is 5.26 Å². The van der Waals surface area contributed by atoms with Gasteiger partial charge < -0.3 is 10.1 Å². The second kappa shape index (κ2) is 8.49. The summed E-state index contributed by atoms with van der Waals surface area (Å²) in [5.41, 5.74) is 3.56. The van der Waals surface area contributed by atoms with Crippen LogP contribution in [0.4, 0.5) is 0 Å². The Bertz CT molecular complexity index is 967. The molecule has 2 saturated heterocycles. The number of nitrogens with zero attached hydrogens (tertiary/aromatic N) is 2. The van der Waals surface area contributed by atoms with Gasteiger partial charge in [0.1, 0.15) is 5.75 Å². The first-order chi connectivity index (χ1) is 14.5. The smallest absolute Gasteiger partial charge is 0.251 e. The van der Waals surface area contributed by atoms with Crippen LogP contribution < -0.4 is 10.1 Å². The van der Waals surface area contributed by atoms with E-state index in [-0.39, 0.29) is 11.9 Å². The van der Waals surface area contributed by atoms with Gasteiger partial charge in [-0.3, -0.25) is 9.69 Å². The summed E-state index contributed by atoms with van der Waals surface area (Å²) < 4.78 is 5.41. The molecule has 0 saturated carbocycles. The summed E-state index contributed by atoms with van der Waals surface area (Å²) in [5, 5.41) is 12.3. The second-order valence-electron chi connectivity index (χ2n) is 8.57. The minimum Gasteiger partial charge on any atom is -0.496 e. The number of rotatable bonds is 5. The topological polar surface area (TPSA) is 65.4 Å². The first kappa shape index (κ1) is 20.4. The van der Waals surface area contributed by atoms with E-state index in [1.165, 1.54) is 18.4 Å². The summed E-state index contributed by atoms with van der Waals surface area (Å²) in [6, 6.07) is 17.0. The molecule has 0 aliphatic carbocycles. The lowest BCUT2D eigenvalue weighted by molar-refractivity contribution is 0.0691. The van der Waals surface area contributed by atoms with Crippen LogP contribution in [0.2, 0.25) is 0 Å². The number of methoxy groups -OCH3 is 1. The highest BCUT2D eigenvalue weighted by Crippen LogP contribution is 2.42. The van der Waals surface area contributed by atoms with Crippen molar-refractivity contribution in [2.45, 2.75) is 63.7 Å². The molecule has 1 N–H and O–H groups in total. The van der Waals surface area contributed by atoms with Gasteiger partial charge in [-0.05, 0) is 74.9 Å². The Morgan fingerprint density at radius 3 is 2.57 bits per heavy atom. The monoisotopic (exact) mass is 403 g/mol. The zero-order valence-corrected chi connectivity index (χ0v) is 17.9. The van der Waals surface area contributed by atoms with Crippen LogP contribution in [-0.4, -0.2) is 36.0 Å². The number of ether oxygens (including phenoxy) is 1. The van der Waals surface area contributed by atoms with Crippen molar-refractivity contribution in [1.82, 2.24) is 10.2 Å². The Labute approximate surface area is 178 Å². The summed E-state index contributed by atoms with van der Waals surface area (Å²) in [6.07, 6.45) is 4.31. The molecule has 2 heterocycles. The van der Waals surface area contributed by atoms with Crippen molar-refractivity contribution >= 4 is 5.91 Å². The fourth-order valence-corrected chi connectivity index (χ4v) is 5.30. The zero-order valence-electron chi connectivity index (χ0n) is 17.9. The normalized spacial score (nSPS) is 24.1. The van der Waals surface area contributed by atoms with Crippen LogP contribution in [-0.2, 0) is 0 Å². The third kappa shape index (κ3) is 3.93. The van der Waals surface area contributed by atoms with Gasteiger partial charge in [0, 0.05) is 29.7 Å². The van der Waals surface area contributed by atoms with Gasteiger partial charge >= 0.3 is 0 Å². The molecule has 5 heteroatoms. The minimum absolute atomic E-state index is 0.0798. The maximum Gasteiger partial charge on any atom is 0.251 e. The van der Waals surface area contributed by atoms with Crippen molar-refractivity contribution in [3.8, 4) is 11.8 Å². The molecule has 5 nitrogen and oxygen atoms in total. The molecule has 1 amide bonds. The van der Waals surface area contributed by atoms with E-state index in [1.807, 2.05) is 0 Å². The maximum atomic E-state index is 12.7. The predicted molar refractivity (Wildman–Crippen MR) is 116 cm³/mol. The van der Waals surface area contributed by atoms with Gasteiger partial charge in [0.15, 0.2) is 0 Å². The van der Waals surface area contributed by atoms with Crippen molar-refractivity contribution in [2.24, 2.45) is 0 Å². The van der Waals surface area contributed by atoms with Crippen LogP contribution in [0.3, 0.4) is 0 Å². The fourth-order valence-electron chi connectivity index (χ4n) is 5.30. The number of hydrogen-bond donors (Lipinski definition) is 1. The van der Waals surface area contributed by atoms with Gasteiger partial charge in [0.05, 0.1) is 18.7 Å². The Morgan fingerprint density at radius 2 is 1.93 bits per heavy atom. The minimum atomic E-state index is -0.0798. The fraction of sp³-hybridized carbons (Fsp3) is 0.440. The molecule has 0 radical (unpaired) electrons. The molecule has 4 rings (SSSR count). The SMILES string of the molecule is COc1ccc(C(C)N2C3CCC2CC(NC(=O)c2cccc(C#N)c2)C3)cc1C. The van der Waals surface area contributed by atoms with Crippen molar-refractivity contribution in [2.75, 3.05) is 7.11 Å². The Hall–Kier alpha value is -2.84. The average Bonchev–Trinajstić information content (AvgIpc) is 3.03. The molecular weight excluding hydrogens is 374 g/mol. The molecule has 2 aliphatic rings. The quantitative estimate of drug-likeness (QED) is 0.805. The predicted octanol–water partition coefficient (Wildman–Crippen LogP) is 4.36. The van der Waals surface area contributed by atoms with E-state index in [2.05, 4.69) is 48.3 Å². The van der Waals surface area contributed by atoms with E-state index >= 15 is 0 Å². The van der Waals surface area contributed by atoms with Crippen molar-refractivity contribution in [3.63, 3.8) is 0 Å². The highest BCUT2D eigenvalue weighted by atomic mass is 16.5. The Morgan fingerprint density at radius 1 is 1.20 bits per heavy atom. The second-order valence-corrected chi connectivity index (χ2v) is 8.57. The Balaban J connectivity index is 1.43. The number of carbonyl (C=O) groups excluding carboxylic acids is 1. The molecule has 2 aliphatic heterocycles. The van der Waals surface area contributed by atoms with E-state index in [0.29, 0.717) is 29.3 Å². The number of fused-ring (bicyclic) bond motifs is 2. The highest BCUT2D eigenvalue weighted by Gasteiger charge is 2.43. The third-order valence-electron chi connectivity index (χ3n) is 6.73. The summed E-state index contributed by atoms with van der Waals surface area (Å²) in [5.74, 6) is 0.847. The van der Waals surface area contributed by atoms with Crippen molar-refractivity contribution < 1.29 is 9.53 Å². The van der Waals surface area contributed by atoms with Gasteiger partial charge in [0.25, 0.3) is 5.91 Å². The molecule has 0 spiro atoms. The number of nitrogens with one attached hydrogen (secondary N) is 1. The molecule has 3 unspecified atom stereocenters. The lowest BCUT2D eigenvalue weighted by Gasteiger charge is -2.43. The standard InChI is InChI=1S/C25H29N3O2/c1-16-11-19(7-10-24(16)30-3)17(2)28-22-8-9-23(28)14-21(13-22)27-25(29)20-6-4-5-18(12-20)15-26/h4-7,10-12,17,21-23H,8-9,13-14H2,1-3H3,(H,27,29). The highest BCUT2D eigenvalue weighted by molar-refractivity contribution is 5.94. The number of nitriles is 1. The molecule has 3 atom stereocenters. The molecule has 2 aromatic carbocycles. The van der Waals surface area contributed by atoms with E-state index in [9.17, 15) is 4.79 Å².